The molecule has 144 valence electrons. The van der Waals surface area contributed by atoms with Crippen LogP contribution in [0.3, 0.4) is 0 Å². The average Bonchev–Trinajstić information content (AvgIpc) is 2.69. The summed E-state index contributed by atoms with van der Waals surface area (Å²) in [5, 5.41) is 7.82. The summed E-state index contributed by atoms with van der Waals surface area (Å²) in [6, 6.07) is 21.8. The van der Waals surface area contributed by atoms with E-state index in [0.717, 1.165) is 39.9 Å². The molecule has 0 fully saturated rings. The number of anilines is 3. The van der Waals surface area contributed by atoms with Crippen LogP contribution in [-0.4, -0.2) is 11.2 Å². The van der Waals surface area contributed by atoms with Gasteiger partial charge in [-0.3, -0.25) is 4.79 Å². The lowest BCUT2D eigenvalue weighted by molar-refractivity contribution is -0.116. The standard InChI is InChI=1S/C23H22BrClN2O/c1-16-7-2-3-8-18(16)19-13-12-17(15-20(19)25)26-21-9-4-5-10-22(21)27-23(28)11-6-14-24/h2-5,7-10,12-13,15,26H,6,11,14H2,1H3,(H,27,28). The number of hydrogen-bond acceptors (Lipinski definition) is 2. The molecule has 0 spiro atoms. The number of hydrogen-bond donors (Lipinski definition) is 2. The molecular formula is C23H22BrClN2O. The third kappa shape index (κ3) is 5.15. The van der Waals surface area contributed by atoms with Crippen LogP contribution in [0.5, 0.6) is 0 Å². The van der Waals surface area contributed by atoms with Crippen molar-refractivity contribution in [2.45, 2.75) is 19.8 Å². The zero-order valence-corrected chi connectivity index (χ0v) is 18.0. The summed E-state index contributed by atoms with van der Waals surface area (Å²) in [5.41, 5.74) is 5.75. The SMILES string of the molecule is Cc1ccccc1-c1ccc(Nc2ccccc2NC(=O)CCCBr)cc1Cl. The highest BCUT2D eigenvalue weighted by Crippen LogP contribution is 2.34. The second-order valence-corrected chi connectivity index (χ2v) is 7.72. The number of nitrogens with one attached hydrogen (secondary N) is 2. The first-order valence-electron chi connectivity index (χ1n) is 9.16. The molecule has 1 amide bonds. The molecule has 28 heavy (non-hydrogen) atoms. The van der Waals surface area contributed by atoms with Crippen LogP contribution in [0.2, 0.25) is 5.02 Å². The van der Waals surface area contributed by atoms with Crippen LogP contribution in [0, 0.1) is 6.92 Å². The highest BCUT2D eigenvalue weighted by molar-refractivity contribution is 9.09. The average molecular weight is 458 g/mol. The molecule has 0 aliphatic heterocycles. The van der Waals surface area contributed by atoms with Gasteiger partial charge in [-0.25, -0.2) is 0 Å². The van der Waals surface area contributed by atoms with Crippen LogP contribution in [0.1, 0.15) is 18.4 Å². The third-order valence-corrected chi connectivity index (χ3v) is 5.30. The Hall–Kier alpha value is -2.30. The lowest BCUT2D eigenvalue weighted by Gasteiger charge is -2.15. The predicted octanol–water partition coefficient (Wildman–Crippen LogP) is 7.17. The number of para-hydroxylation sites is 2. The fraction of sp³-hybridized carbons (Fsp3) is 0.174. The second kappa shape index (κ2) is 9.76. The summed E-state index contributed by atoms with van der Waals surface area (Å²) < 4.78 is 0. The van der Waals surface area contributed by atoms with E-state index >= 15 is 0 Å². The van der Waals surface area contributed by atoms with E-state index in [-0.39, 0.29) is 5.91 Å². The summed E-state index contributed by atoms with van der Waals surface area (Å²) in [5.74, 6) is 0.00151. The van der Waals surface area contributed by atoms with Crippen molar-refractivity contribution in [2.24, 2.45) is 0 Å². The van der Waals surface area contributed by atoms with Crippen LogP contribution >= 0.6 is 27.5 Å². The van der Waals surface area contributed by atoms with Crippen LogP contribution < -0.4 is 10.6 Å². The van der Waals surface area contributed by atoms with E-state index in [2.05, 4.69) is 45.6 Å². The van der Waals surface area contributed by atoms with E-state index < -0.39 is 0 Å². The van der Waals surface area contributed by atoms with Crippen molar-refractivity contribution >= 4 is 50.5 Å². The van der Waals surface area contributed by atoms with Crippen molar-refractivity contribution in [1.29, 1.82) is 0 Å². The Bertz CT molecular complexity index is 974. The number of rotatable bonds is 7. The molecule has 0 bridgehead atoms. The van der Waals surface area contributed by atoms with Gasteiger partial charge in [0, 0.05) is 23.0 Å². The summed E-state index contributed by atoms with van der Waals surface area (Å²) >= 11 is 9.92. The molecule has 2 N–H and O–H groups in total. The Morgan fingerprint density at radius 1 is 0.964 bits per heavy atom. The molecule has 0 aliphatic carbocycles. The number of aryl methyl sites for hydroxylation is 1. The molecular weight excluding hydrogens is 436 g/mol. The molecule has 3 aromatic rings. The lowest BCUT2D eigenvalue weighted by atomic mass is 10.0. The van der Waals surface area contributed by atoms with Crippen molar-refractivity contribution < 1.29 is 4.79 Å². The summed E-state index contributed by atoms with van der Waals surface area (Å²) in [6.45, 7) is 2.08. The molecule has 0 atom stereocenters. The number of alkyl halides is 1. The van der Waals surface area contributed by atoms with Gasteiger partial charge >= 0.3 is 0 Å². The van der Waals surface area contributed by atoms with E-state index in [1.165, 1.54) is 5.56 Å². The second-order valence-electron chi connectivity index (χ2n) is 6.52. The number of carbonyl (C=O) groups is 1. The predicted molar refractivity (Wildman–Crippen MR) is 123 cm³/mol. The molecule has 0 radical (unpaired) electrons. The lowest BCUT2D eigenvalue weighted by Crippen LogP contribution is -2.12. The van der Waals surface area contributed by atoms with Crippen LogP contribution in [-0.2, 0) is 4.79 Å². The summed E-state index contributed by atoms with van der Waals surface area (Å²) in [4.78, 5) is 12.1. The first-order chi connectivity index (χ1) is 13.6. The zero-order chi connectivity index (χ0) is 19.9. The van der Waals surface area contributed by atoms with Gasteiger partial charge in [-0.1, -0.05) is 70.0 Å². The Morgan fingerprint density at radius 3 is 2.39 bits per heavy atom. The molecule has 0 unspecified atom stereocenters. The fourth-order valence-electron chi connectivity index (χ4n) is 2.98. The Labute approximate surface area is 179 Å². The normalized spacial score (nSPS) is 10.5. The molecule has 0 saturated heterocycles. The third-order valence-electron chi connectivity index (χ3n) is 4.42. The molecule has 5 heteroatoms. The van der Waals surface area contributed by atoms with Gasteiger partial charge < -0.3 is 10.6 Å². The van der Waals surface area contributed by atoms with Gasteiger partial charge in [-0.2, -0.15) is 0 Å². The number of halogens is 2. The minimum absolute atomic E-state index is 0.00151. The summed E-state index contributed by atoms with van der Waals surface area (Å²) in [6.07, 6.45) is 1.29. The number of carbonyl (C=O) groups excluding carboxylic acids is 1. The number of benzene rings is 3. The minimum atomic E-state index is 0.00151. The highest BCUT2D eigenvalue weighted by atomic mass is 79.9. The maximum Gasteiger partial charge on any atom is 0.224 e. The molecule has 3 nitrogen and oxygen atoms in total. The van der Waals surface area contributed by atoms with E-state index in [9.17, 15) is 4.79 Å². The van der Waals surface area contributed by atoms with Gasteiger partial charge in [-0.05, 0) is 48.7 Å². The Morgan fingerprint density at radius 2 is 1.68 bits per heavy atom. The molecule has 0 aliphatic rings. The first kappa shape index (κ1) is 20.4. The van der Waals surface area contributed by atoms with Gasteiger partial charge in [0.2, 0.25) is 5.91 Å². The van der Waals surface area contributed by atoms with Crippen LogP contribution in [0.15, 0.2) is 66.7 Å². The highest BCUT2D eigenvalue weighted by Gasteiger charge is 2.10. The van der Waals surface area contributed by atoms with Gasteiger partial charge in [0.1, 0.15) is 0 Å². The Balaban J connectivity index is 1.80. The molecule has 0 heterocycles. The number of amides is 1. The van der Waals surface area contributed by atoms with Crippen LogP contribution in [0.25, 0.3) is 11.1 Å². The van der Waals surface area contributed by atoms with E-state index in [4.69, 9.17) is 11.6 Å². The smallest absolute Gasteiger partial charge is 0.224 e. The van der Waals surface area contributed by atoms with Gasteiger partial charge in [0.15, 0.2) is 0 Å². The fourth-order valence-corrected chi connectivity index (χ4v) is 3.55. The van der Waals surface area contributed by atoms with Crippen molar-refractivity contribution in [3.8, 4) is 11.1 Å². The monoisotopic (exact) mass is 456 g/mol. The van der Waals surface area contributed by atoms with Gasteiger partial charge in [0.05, 0.1) is 16.4 Å². The van der Waals surface area contributed by atoms with Crippen LogP contribution in [0.4, 0.5) is 17.1 Å². The molecule has 0 saturated carbocycles. The van der Waals surface area contributed by atoms with E-state index in [1.54, 1.807) is 0 Å². The topological polar surface area (TPSA) is 41.1 Å². The van der Waals surface area contributed by atoms with E-state index in [0.29, 0.717) is 11.4 Å². The summed E-state index contributed by atoms with van der Waals surface area (Å²) in [7, 11) is 0. The maximum absolute atomic E-state index is 12.1. The van der Waals surface area contributed by atoms with Crippen molar-refractivity contribution in [1.82, 2.24) is 0 Å². The first-order valence-corrected chi connectivity index (χ1v) is 10.7. The quantitative estimate of drug-likeness (QED) is 0.369. The Kier molecular flexibility index (Phi) is 7.12. The molecule has 0 aromatic heterocycles. The van der Waals surface area contributed by atoms with Crippen molar-refractivity contribution in [2.75, 3.05) is 16.0 Å². The zero-order valence-electron chi connectivity index (χ0n) is 15.6. The maximum atomic E-state index is 12.1. The molecule has 3 rings (SSSR count). The van der Waals surface area contributed by atoms with Crippen molar-refractivity contribution in [3.63, 3.8) is 0 Å². The van der Waals surface area contributed by atoms with E-state index in [1.807, 2.05) is 54.6 Å². The largest absolute Gasteiger partial charge is 0.354 e. The molecule has 3 aromatic carbocycles. The van der Waals surface area contributed by atoms with Crippen molar-refractivity contribution in [3.05, 3.63) is 77.3 Å². The van der Waals surface area contributed by atoms with Gasteiger partial charge in [-0.15, -0.1) is 0 Å². The minimum Gasteiger partial charge on any atom is -0.354 e. The van der Waals surface area contributed by atoms with Gasteiger partial charge in [0.25, 0.3) is 0 Å².